The number of carbonyl (C=O) groups is 1. The number of hydrogen-bond acceptors (Lipinski definition) is 2. The average Bonchev–Trinajstić information content (AvgIpc) is 3.25. The fourth-order valence-corrected chi connectivity index (χ4v) is 2.95. The van der Waals surface area contributed by atoms with E-state index in [2.05, 4.69) is 5.32 Å². The SMILES string of the molecule is Nc1c(C(=O)NCC2(C3CC3)CC2)cccc1C(F)(F)F. The fraction of sp³-hybridized carbons (Fsp3) is 0.533. The third kappa shape index (κ3) is 2.71. The summed E-state index contributed by atoms with van der Waals surface area (Å²) in [5.41, 5.74) is 4.16. The van der Waals surface area contributed by atoms with Crippen LogP contribution < -0.4 is 11.1 Å². The van der Waals surface area contributed by atoms with Crippen LogP contribution in [0.4, 0.5) is 18.9 Å². The zero-order chi connectivity index (χ0) is 15.3. The molecule has 2 saturated carbocycles. The lowest BCUT2D eigenvalue weighted by atomic mass is 10.0. The molecule has 21 heavy (non-hydrogen) atoms. The predicted molar refractivity (Wildman–Crippen MR) is 72.6 cm³/mol. The number of anilines is 1. The molecule has 0 aromatic heterocycles. The van der Waals surface area contributed by atoms with E-state index in [-0.39, 0.29) is 11.0 Å². The monoisotopic (exact) mass is 298 g/mol. The molecule has 6 heteroatoms. The molecule has 0 unspecified atom stereocenters. The minimum atomic E-state index is -4.55. The van der Waals surface area contributed by atoms with Gasteiger partial charge in [0.15, 0.2) is 0 Å². The quantitative estimate of drug-likeness (QED) is 0.839. The summed E-state index contributed by atoms with van der Waals surface area (Å²) in [5, 5.41) is 2.76. The van der Waals surface area contributed by atoms with E-state index in [0.29, 0.717) is 12.5 Å². The summed E-state index contributed by atoms with van der Waals surface area (Å²) >= 11 is 0. The number of carbonyl (C=O) groups excluding carboxylic acids is 1. The van der Waals surface area contributed by atoms with Gasteiger partial charge in [0, 0.05) is 6.54 Å². The Bertz CT molecular complexity index is 575. The van der Waals surface area contributed by atoms with Crippen molar-refractivity contribution in [3.63, 3.8) is 0 Å². The molecule has 3 nitrogen and oxygen atoms in total. The van der Waals surface area contributed by atoms with Gasteiger partial charge >= 0.3 is 6.18 Å². The number of nitrogen functional groups attached to an aromatic ring is 1. The first-order chi connectivity index (χ1) is 9.83. The van der Waals surface area contributed by atoms with E-state index in [0.717, 1.165) is 18.9 Å². The lowest BCUT2D eigenvalue weighted by Gasteiger charge is -2.17. The molecule has 0 atom stereocenters. The van der Waals surface area contributed by atoms with Crippen LogP contribution in [0.3, 0.4) is 0 Å². The average molecular weight is 298 g/mol. The summed E-state index contributed by atoms with van der Waals surface area (Å²) in [6, 6.07) is 3.43. The Morgan fingerprint density at radius 3 is 2.52 bits per heavy atom. The Morgan fingerprint density at radius 2 is 2.00 bits per heavy atom. The molecule has 2 aliphatic carbocycles. The molecule has 0 aliphatic heterocycles. The number of nitrogens with two attached hydrogens (primary N) is 1. The van der Waals surface area contributed by atoms with Gasteiger partial charge in [-0.2, -0.15) is 13.2 Å². The molecular formula is C15H17F3N2O. The third-order valence-corrected chi connectivity index (χ3v) is 4.59. The number of amides is 1. The number of nitrogens with one attached hydrogen (secondary N) is 1. The first-order valence-corrected chi connectivity index (χ1v) is 7.07. The molecule has 1 aromatic rings. The lowest BCUT2D eigenvalue weighted by Crippen LogP contribution is -2.32. The number of benzene rings is 1. The third-order valence-electron chi connectivity index (χ3n) is 4.59. The molecule has 0 spiro atoms. The van der Waals surface area contributed by atoms with Crippen LogP contribution in [-0.2, 0) is 6.18 Å². The number of halogens is 3. The molecule has 1 aromatic carbocycles. The molecule has 0 radical (unpaired) electrons. The van der Waals surface area contributed by atoms with Crippen LogP contribution in [0.25, 0.3) is 0 Å². The number of alkyl halides is 3. The smallest absolute Gasteiger partial charge is 0.398 e. The van der Waals surface area contributed by atoms with E-state index >= 15 is 0 Å². The Balaban J connectivity index is 1.72. The maximum absolute atomic E-state index is 12.8. The molecule has 114 valence electrons. The highest BCUT2D eigenvalue weighted by Gasteiger charge is 2.53. The normalized spacial score (nSPS) is 20.1. The summed E-state index contributed by atoms with van der Waals surface area (Å²) in [5.74, 6) is 0.155. The van der Waals surface area contributed by atoms with Crippen LogP contribution >= 0.6 is 0 Å². The lowest BCUT2D eigenvalue weighted by molar-refractivity contribution is -0.136. The van der Waals surface area contributed by atoms with Gasteiger partial charge in [-0.1, -0.05) is 6.07 Å². The zero-order valence-corrected chi connectivity index (χ0v) is 11.5. The Kier molecular flexibility index (Phi) is 3.15. The van der Waals surface area contributed by atoms with E-state index in [9.17, 15) is 18.0 Å². The molecule has 0 bridgehead atoms. The second-order valence-electron chi connectivity index (χ2n) is 6.08. The molecule has 2 aliphatic rings. The van der Waals surface area contributed by atoms with Crippen molar-refractivity contribution >= 4 is 11.6 Å². The Morgan fingerprint density at radius 1 is 1.33 bits per heavy atom. The summed E-state index contributed by atoms with van der Waals surface area (Å²) in [4.78, 5) is 12.1. The molecule has 1 amide bonds. The van der Waals surface area contributed by atoms with Crippen LogP contribution in [0.15, 0.2) is 18.2 Å². The maximum Gasteiger partial charge on any atom is 0.418 e. The van der Waals surface area contributed by atoms with Crippen molar-refractivity contribution in [2.24, 2.45) is 11.3 Å². The van der Waals surface area contributed by atoms with Gasteiger partial charge in [0.2, 0.25) is 0 Å². The van der Waals surface area contributed by atoms with Crippen LogP contribution in [-0.4, -0.2) is 12.5 Å². The minimum absolute atomic E-state index is 0.101. The van der Waals surface area contributed by atoms with Crippen LogP contribution in [0.2, 0.25) is 0 Å². The number of hydrogen-bond donors (Lipinski definition) is 2. The first kappa shape index (κ1) is 14.2. The van der Waals surface area contributed by atoms with E-state index in [1.54, 1.807) is 0 Å². The largest absolute Gasteiger partial charge is 0.418 e. The maximum atomic E-state index is 12.8. The van der Waals surface area contributed by atoms with Gasteiger partial charge < -0.3 is 11.1 Å². The summed E-state index contributed by atoms with van der Waals surface area (Å²) in [7, 11) is 0. The van der Waals surface area contributed by atoms with Crippen molar-refractivity contribution < 1.29 is 18.0 Å². The number of para-hydroxylation sites is 1. The van der Waals surface area contributed by atoms with Gasteiger partial charge in [0.05, 0.1) is 16.8 Å². The topological polar surface area (TPSA) is 55.1 Å². The zero-order valence-electron chi connectivity index (χ0n) is 11.5. The van der Waals surface area contributed by atoms with E-state index in [1.165, 1.54) is 25.0 Å². The van der Waals surface area contributed by atoms with Gasteiger partial charge in [-0.15, -0.1) is 0 Å². The summed E-state index contributed by atoms with van der Waals surface area (Å²) in [6.45, 7) is 0.534. The van der Waals surface area contributed by atoms with Gasteiger partial charge in [-0.25, -0.2) is 0 Å². The van der Waals surface area contributed by atoms with Crippen LogP contribution in [0, 0.1) is 11.3 Å². The molecule has 3 N–H and O–H groups in total. The highest BCUT2D eigenvalue weighted by molar-refractivity contribution is 5.99. The fourth-order valence-electron chi connectivity index (χ4n) is 2.95. The van der Waals surface area contributed by atoms with Crippen molar-refractivity contribution in [2.75, 3.05) is 12.3 Å². The van der Waals surface area contributed by atoms with Crippen molar-refractivity contribution in [3.8, 4) is 0 Å². The van der Waals surface area contributed by atoms with E-state index < -0.39 is 23.3 Å². The molecular weight excluding hydrogens is 281 g/mol. The van der Waals surface area contributed by atoms with Crippen LogP contribution in [0.5, 0.6) is 0 Å². The molecule has 3 rings (SSSR count). The number of rotatable bonds is 4. The standard InChI is InChI=1S/C15H17F3N2O/c16-15(17,18)11-3-1-2-10(12(11)19)13(21)20-8-14(6-7-14)9-4-5-9/h1-3,9H,4-8,19H2,(H,20,21). The Hall–Kier alpha value is -1.72. The van der Waals surface area contributed by atoms with Gasteiger partial charge in [0.25, 0.3) is 5.91 Å². The minimum Gasteiger partial charge on any atom is -0.398 e. The molecule has 2 fully saturated rings. The summed E-state index contributed by atoms with van der Waals surface area (Å²) < 4.78 is 38.3. The van der Waals surface area contributed by atoms with Gasteiger partial charge in [-0.3, -0.25) is 4.79 Å². The van der Waals surface area contributed by atoms with Crippen molar-refractivity contribution in [3.05, 3.63) is 29.3 Å². The highest BCUT2D eigenvalue weighted by Crippen LogP contribution is 2.60. The van der Waals surface area contributed by atoms with Crippen molar-refractivity contribution in [2.45, 2.75) is 31.9 Å². The molecule has 0 saturated heterocycles. The second kappa shape index (κ2) is 4.64. The van der Waals surface area contributed by atoms with Crippen molar-refractivity contribution in [1.82, 2.24) is 5.32 Å². The first-order valence-electron chi connectivity index (χ1n) is 7.07. The van der Waals surface area contributed by atoms with E-state index in [1.807, 2.05) is 0 Å². The predicted octanol–water partition coefficient (Wildman–Crippen LogP) is 3.21. The van der Waals surface area contributed by atoms with Crippen LogP contribution in [0.1, 0.15) is 41.6 Å². The van der Waals surface area contributed by atoms with Crippen molar-refractivity contribution in [1.29, 1.82) is 0 Å². The second-order valence-corrected chi connectivity index (χ2v) is 6.08. The highest BCUT2D eigenvalue weighted by atomic mass is 19.4. The van der Waals surface area contributed by atoms with Gasteiger partial charge in [0.1, 0.15) is 0 Å². The summed E-state index contributed by atoms with van der Waals surface area (Å²) in [6.07, 6.45) is 0.0290. The van der Waals surface area contributed by atoms with E-state index in [4.69, 9.17) is 5.73 Å². The van der Waals surface area contributed by atoms with Gasteiger partial charge in [-0.05, 0) is 49.1 Å². The molecule has 0 heterocycles. The Labute approximate surface area is 120 Å².